The second kappa shape index (κ2) is 5.64. The van der Waals surface area contributed by atoms with E-state index in [2.05, 4.69) is 9.73 Å². The summed E-state index contributed by atoms with van der Waals surface area (Å²) in [5, 5.41) is 2.02. The molecule has 1 aliphatic rings. The van der Waals surface area contributed by atoms with Gasteiger partial charge in [0, 0.05) is 31.2 Å². The van der Waals surface area contributed by atoms with Crippen molar-refractivity contribution in [2.75, 3.05) is 39.0 Å². The molecule has 1 aromatic rings. The van der Waals surface area contributed by atoms with Crippen LogP contribution in [0.15, 0.2) is 23.1 Å². The van der Waals surface area contributed by atoms with E-state index in [1.54, 1.807) is 11.1 Å². The number of hydrazine groups is 1. The number of hydrogen-bond donors (Lipinski definition) is 2. The van der Waals surface area contributed by atoms with Crippen molar-refractivity contribution in [3.63, 3.8) is 0 Å². The minimum Gasteiger partial charge on any atom is -0.398 e. The normalized spacial score (nSPS) is 18.6. The number of sulfonamides is 1. The van der Waals surface area contributed by atoms with Gasteiger partial charge in [0.15, 0.2) is 0 Å². The van der Waals surface area contributed by atoms with Crippen molar-refractivity contribution in [3.8, 4) is 0 Å². The zero-order chi connectivity index (χ0) is 14.0. The first-order valence-electron chi connectivity index (χ1n) is 5.89. The molecular formula is C11H17ClN4O2S. The Morgan fingerprint density at radius 3 is 2.53 bits per heavy atom. The molecule has 0 bridgehead atoms. The van der Waals surface area contributed by atoms with Crippen LogP contribution in [0.25, 0.3) is 0 Å². The third-order valence-corrected chi connectivity index (χ3v) is 4.68. The number of nitrogens with one attached hydrogen (secondary N) is 1. The van der Waals surface area contributed by atoms with Gasteiger partial charge in [0.05, 0.1) is 5.69 Å². The Hall–Kier alpha value is -0.860. The highest BCUT2D eigenvalue weighted by Crippen LogP contribution is 2.22. The minimum absolute atomic E-state index is 0.0129. The van der Waals surface area contributed by atoms with Crippen molar-refractivity contribution in [2.24, 2.45) is 0 Å². The summed E-state index contributed by atoms with van der Waals surface area (Å²) in [6.07, 6.45) is 0. The smallest absolute Gasteiger partial charge is 0.255 e. The summed E-state index contributed by atoms with van der Waals surface area (Å²) >= 11 is 5.82. The number of benzene rings is 1. The molecule has 1 aliphatic heterocycles. The average molecular weight is 305 g/mol. The van der Waals surface area contributed by atoms with E-state index >= 15 is 0 Å². The van der Waals surface area contributed by atoms with Gasteiger partial charge in [-0.25, -0.2) is 13.4 Å². The van der Waals surface area contributed by atoms with Crippen LogP contribution >= 0.6 is 11.6 Å². The zero-order valence-corrected chi connectivity index (χ0v) is 12.2. The lowest BCUT2D eigenvalue weighted by molar-refractivity contribution is 0.135. The summed E-state index contributed by atoms with van der Waals surface area (Å²) in [5.74, 6) is 0. The highest BCUT2D eigenvalue weighted by Gasteiger charge is 2.23. The van der Waals surface area contributed by atoms with Crippen molar-refractivity contribution < 1.29 is 8.42 Å². The fourth-order valence-corrected chi connectivity index (χ4v) is 3.38. The van der Waals surface area contributed by atoms with Gasteiger partial charge in [-0.05, 0) is 25.2 Å². The van der Waals surface area contributed by atoms with Crippen LogP contribution in [0.1, 0.15) is 0 Å². The second-order valence-corrected chi connectivity index (χ2v) is 6.63. The standard InChI is InChI=1S/C11H17ClN4O2S/c1-15-4-6-16(7-5-15)14-19(17,18)11-8-9(12)2-3-10(11)13/h2-3,8,14H,4-7,13H2,1H3. The van der Waals surface area contributed by atoms with Crippen LogP contribution < -0.4 is 10.6 Å². The van der Waals surface area contributed by atoms with Crippen LogP contribution in [-0.4, -0.2) is 51.6 Å². The molecule has 1 aromatic carbocycles. The number of likely N-dealkylation sites (N-methyl/N-ethyl adjacent to an activating group) is 1. The number of rotatable bonds is 3. The van der Waals surface area contributed by atoms with Crippen LogP contribution in [0, 0.1) is 0 Å². The molecule has 3 N–H and O–H groups in total. The lowest BCUT2D eigenvalue weighted by Crippen LogP contribution is -2.52. The van der Waals surface area contributed by atoms with Gasteiger partial charge in [-0.3, -0.25) is 0 Å². The summed E-state index contributed by atoms with van der Waals surface area (Å²) in [6, 6.07) is 4.40. The van der Waals surface area contributed by atoms with E-state index in [0.29, 0.717) is 18.1 Å². The second-order valence-electron chi connectivity index (χ2n) is 4.57. The maximum atomic E-state index is 12.2. The Morgan fingerprint density at radius 2 is 1.89 bits per heavy atom. The summed E-state index contributed by atoms with van der Waals surface area (Å²) in [7, 11) is -1.68. The lowest BCUT2D eigenvalue weighted by Gasteiger charge is -2.32. The molecule has 0 aliphatic carbocycles. The molecule has 0 amide bonds. The minimum atomic E-state index is -3.68. The van der Waals surface area contributed by atoms with E-state index in [1.807, 2.05) is 7.05 Å². The topological polar surface area (TPSA) is 78.7 Å². The van der Waals surface area contributed by atoms with E-state index in [9.17, 15) is 8.42 Å². The number of hydrogen-bond acceptors (Lipinski definition) is 5. The number of nitrogens with zero attached hydrogens (tertiary/aromatic N) is 2. The predicted molar refractivity (Wildman–Crippen MR) is 75.3 cm³/mol. The van der Waals surface area contributed by atoms with Gasteiger partial charge in [0.1, 0.15) is 4.90 Å². The number of halogens is 1. The molecule has 1 fully saturated rings. The average Bonchev–Trinajstić information content (AvgIpc) is 2.35. The Kier molecular flexibility index (Phi) is 4.32. The predicted octanol–water partition coefficient (Wildman–Crippen LogP) is 0.363. The Bertz CT molecular complexity index is 556. The monoisotopic (exact) mass is 304 g/mol. The molecule has 19 heavy (non-hydrogen) atoms. The van der Waals surface area contributed by atoms with Crippen molar-refractivity contribution in [2.45, 2.75) is 4.90 Å². The lowest BCUT2D eigenvalue weighted by atomic mass is 10.3. The molecule has 1 heterocycles. The van der Waals surface area contributed by atoms with Gasteiger partial charge in [-0.2, -0.15) is 0 Å². The summed E-state index contributed by atoms with van der Waals surface area (Å²) in [5.41, 5.74) is 5.88. The van der Waals surface area contributed by atoms with Crippen LogP contribution in [-0.2, 0) is 10.0 Å². The molecule has 0 aromatic heterocycles. The quantitative estimate of drug-likeness (QED) is 0.789. The first-order valence-corrected chi connectivity index (χ1v) is 7.75. The number of nitrogens with two attached hydrogens (primary N) is 1. The summed E-state index contributed by atoms with van der Waals surface area (Å²) in [4.78, 5) is 4.69. The Morgan fingerprint density at radius 1 is 1.26 bits per heavy atom. The van der Waals surface area contributed by atoms with Gasteiger partial charge in [-0.1, -0.05) is 11.6 Å². The largest absolute Gasteiger partial charge is 0.398 e. The van der Waals surface area contributed by atoms with E-state index in [-0.39, 0.29) is 10.6 Å². The van der Waals surface area contributed by atoms with Crippen LogP contribution in [0.2, 0.25) is 5.02 Å². The molecule has 6 nitrogen and oxygen atoms in total. The fourth-order valence-electron chi connectivity index (χ4n) is 1.86. The fraction of sp³-hybridized carbons (Fsp3) is 0.455. The molecule has 2 rings (SSSR count). The molecule has 0 unspecified atom stereocenters. The third-order valence-electron chi connectivity index (χ3n) is 3.02. The molecular weight excluding hydrogens is 288 g/mol. The number of piperazine rings is 1. The van der Waals surface area contributed by atoms with E-state index < -0.39 is 10.0 Å². The highest BCUT2D eigenvalue weighted by atomic mass is 35.5. The van der Waals surface area contributed by atoms with Crippen LogP contribution in [0.5, 0.6) is 0 Å². The zero-order valence-electron chi connectivity index (χ0n) is 10.6. The van der Waals surface area contributed by atoms with Crippen LogP contribution in [0.4, 0.5) is 5.69 Å². The number of nitrogen functional groups attached to an aromatic ring is 1. The van der Waals surface area contributed by atoms with E-state index in [1.165, 1.54) is 12.1 Å². The van der Waals surface area contributed by atoms with Gasteiger partial charge >= 0.3 is 0 Å². The van der Waals surface area contributed by atoms with Crippen molar-refractivity contribution in [1.82, 2.24) is 14.7 Å². The molecule has 0 saturated carbocycles. The number of anilines is 1. The molecule has 8 heteroatoms. The SMILES string of the molecule is CN1CCN(NS(=O)(=O)c2cc(Cl)ccc2N)CC1. The molecule has 0 spiro atoms. The first-order chi connectivity index (χ1) is 8.88. The van der Waals surface area contributed by atoms with Crippen molar-refractivity contribution >= 4 is 27.3 Å². The summed E-state index contributed by atoms with van der Waals surface area (Å²) in [6.45, 7) is 2.90. The van der Waals surface area contributed by atoms with Crippen LogP contribution in [0.3, 0.4) is 0 Å². The van der Waals surface area contributed by atoms with Gasteiger partial charge < -0.3 is 10.6 Å². The van der Waals surface area contributed by atoms with Crippen molar-refractivity contribution in [3.05, 3.63) is 23.2 Å². The van der Waals surface area contributed by atoms with Gasteiger partial charge in [0.25, 0.3) is 10.0 Å². The molecule has 106 valence electrons. The molecule has 0 atom stereocenters. The molecule has 0 radical (unpaired) electrons. The molecule has 1 saturated heterocycles. The Labute approximate surface area is 118 Å². The maximum Gasteiger partial charge on any atom is 0.255 e. The van der Waals surface area contributed by atoms with Gasteiger partial charge in [-0.15, -0.1) is 4.83 Å². The summed E-state index contributed by atoms with van der Waals surface area (Å²) < 4.78 is 24.5. The maximum absolute atomic E-state index is 12.2. The first kappa shape index (κ1) is 14.5. The highest BCUT2D eigenvalue weighted by molar-refractivity contribution is 7.89. The Balaban J connectivity index is 2.16. The third kappa shape index (κ3) is 3.58. The van der Waals surface area contributed by atoms with Crippen molar-refractivity contribution in [1.29, 1.82) is 0 Å². The van der Waals surface area contributed by atoms with Gasteiger partial charge in [0.2, 0.25) is 0 Å². The van der Waals surface area contributed by atoms with E-state index in [4.69, 9.17) is 17.3 Å². The van der Waals surface area contributed by atoms with E-state index in [0.717, 1.165) is 13.1 Å².